The molecule has 0 aliphatic heterocycles. The highest BCUT2D eigenvalue weighted by atomic mass is 79.9. The lowest BCUT2D eigenvalue weighted by atomic mass is 10.2. The molecule has 1 amide bonds. The van der Waals surface area contributed by atoms with Gasteiger partial charge in [-0.05, 0) is 31.2 Å². The second-order valence-corrected chi connectivity index (χ2v) is 7.83. The highest BCUT2D eigenvalue weighted by Crippen LogP contribution is 2.27. The van der Waals surface area contributed by atoms with Gasteiger partial charge in [-0.25, -0.2) is 0 Å². The van der Waals surface area contributed by atoms with E-state index in [1.165, 1.54) is 23.1 Å². The molecule has 25 heavy (non-hydrogen) atoms. The van der Waals surface area contributed by atoms with E-state index in [0.29, 0.717) is 21.7 Å². The molecule has 1 aromatic carbocycles. The Labute approximate surface area is 159 Å². The minimum absolute atomic E-state index is 0.148. The SMILES string of the molecule is CCOC(=O)CSc1nnc(NC(=O)c2cc3cc(Br)ccc3o2)s1. The first kappa shape index (κ1) is 17.9. The number of benzene rings is 1. The van der Waals surface area contributed by atoms with Crippen LogP contribution in [0.15, 0.2) is 37.5 Å². The van der Waals surface area contributed by atoms with Crippen molar-refractivity contribution in [2.24, 2.45) is 0 Å². The van der Waals surface area contributed by atoms with Crippen LogP contribution in [-0.4, -0.2) is 34.4 Å². The van der Waals surface area contributed by atoms with Crippen molar-refractivity contribution >= 4 is 67.0 Å². The molecule has 0 unspecified atom stereocenters. The van der Waals surface area contributed by atoms with E-state index in [2.05, 4.69) is 31.4 Å². The van der Waals surface area contributed by atoms with Crippen LogP contribution >= 0.6 is 39.0 Å². The van der Waals surface area contributed by atoms with Gasteiger partial charge < -0.3 is 9.15 Å². The first-order valence-electron chi connectivity index (χ1n) is 7.17. The van der Waals surface area contributed by atoms with Crippen molar-refractivity contribution in [3.8, 4) is 0 Å². The molecule has 0 atom stereocenters. The predicted molar refractivity (Wildman–Crippen MR) is 99.1 cm³/mol. The number of ether oxygens (including phenoxy) is 1. The molecule has 7 nitrogen and oxygen atoms in total. The second-order valence-electron chi connectivity index (χ2n) is 4.71. The second kappa shape index (κ2) is 7.98. The number of rotatable bonds is 6. The van der Waals surface area contributed by atoms with Gasteiger partial charge in [0.25, 0.3) is 5.91 Å². The Balaban J connectivity index is 1.63. The molecule has 0 saturated carbocycles. The Morgan fingerprint density at radius 3 is 3.00 bits per heavy atom. The van der Waals surface area contributed by atoms with Gasteiger partial charge in [0.2, 0.25) is 5.13 Å². The monoisotopic (exact) mass is 441 g/mol. The van der Waals surface area contributed by atoms with Gasteiger partial charge in [0.15, 0.2) is 10.1 Å². The van der Waals surface area contributed by atoms with E-state index in [1.54, 1.807) is 19.1 Å². The Hall–Kier alpha value is -1.91. The quantitative estimate of drug-likeness (QED) is 0.351. The zero-order valence-corrected chi connectivity index (χ0v) is 16.2. The molecule has 2 aromatic heterocycles. The third kappa shape index (κ3) is 4.59. The minimum atomic E-state index is -0.412. The van der Waals surface area contributed by atoms with Gasteiger partial charge in [-0.2, -0.15) is 0 Å². The number of hydrogen-bond donors (Lipinski definition) is 1. The lowest BCUT2D eigenvalue weighted by Gasteiger charge is -1.98. The van der Waals surface area contributed by atoms with Gasteiger partial charge in [-0.15, -0.1) is 10.2 Å². The maximum Gasteiger partial charge on any atom is 0.316 e. The molecule has 0 aliphatic carbocycles. The standard InChI is InChI=1S/C15H12BrN3O4S2/c1-2-22-12(20)7-24-15-19-18-14(25-15)17-13(21)11-6-8-5-9(16)3-4-10(8)23-11/h3-6H,2,7H2,1H3,(H,17,18,21). The topological polar surface area (TPSA) is 94.3 Å². The van der Waals surface area contributed by atoms with Crippen molar-refractivity contribution in [1.29, 1.82) is 0 Å². The summed E-state index contributed by atoms with van der Waals surface area (Å²) in [7, 11) is 0. The molecular weight excluding hydrogens is 430 g/mol. The van der Waals surface area contributed by atoms with E-state index in [0.717, 1.165) is 9.86 Å². The molecule has 10 heteroatoms. The number of hydrogen-bond acceptors (Lipinski definition) is 8. The number of fused-ring (bicyclic) bond motifs is 1. The highest BCUT2D eigenvalue weighted by Gasteiger charge is 2.16. The van der Waals surface area contributed by atoms with Crippen molar-refractivity contribution in [1.82, 2.24) is 10.2 Å². The van der Waals surface area contributed by atoms with Gasteiger partial charge in [0.1, 0.15) is 5.58 Å². The molecule has 130 valence electrons. The third-order valence-electron chi connectivity index (χ3n) is 2.95. The lowest BCUT2D eigenvalue weighted by molar-refractivity contribution is -0.139. The molecular formula is C15H12BrN3O4S2. The summed E-state index contributed by atoms with van der Waals surface area (Å²) in [5.41, 5.74) is 0.622. The van der Waals surface area contributed by atoms with E-state index in [9.17, 15) is 9.59 Å². The summed E-state index contributed by atoms with van der Waals surface area (Å²) in [5, 5.41) is 11.6. The van der Waals surface area contributed by atoms with Gasteiger partial charge >= 0.3 is 5.97 Å². The number of halogens is 1. The van der Waals surface area contributed by atoms with Crippen molar-refractivity contribution < 1.29 is 18.7 Å². The molecule has 0 radical (unpaired) electrons. The number of amides is 1. The molecule has 3 rings (SSSR count). The summed E-state index contributed by atoms with van der Waals surface area (Å²) < 4.78 is 11.8. The first-order chi connectivity index (χ1) is 12.0. The van der Waals surface area contributed by atoms with Crippen molar-refractivity contribution in [2.45, 2.75) is 11.3 Å². The zero-order valence-electron chi connectivity index (χ0n) is 12.9. The minimum Gasteiger partial charge on any atom is -0.465 e. The van der Waals surface area contributed by atoms with Crippen molar-refractivity contribution in [3.63, 3.8) is 0 Å². The van der Waals surface area contributed by atoms with Crippen LogP contribution in [0.4, 0.5) is 5.13 Å². The number of nitrogens with zero attached hydrogens (tertiary/aromatic N) is 2. The van der Waals surface area contributed by atoms with E-state index in [1.807, 2.05) is 12.1 Å². The van der Waals surface area contributed by atoms with Gasteiger partial charge in [-0.1, -0.05) is 39.0 Å². The van der Waals surface area contributed by atoms with Gasteiger partial charge in [0.05, 0.1) is 12.4 Å². The van der Waals surface area contributed by atoms with E-state index in [4.69, 9.17) is 9.15 Å². The summed E-state index contributed by atoms with van der Waals surface area (Å²) in [4.78, 5) is 23.6. The summed E-state index contributed by atoms with van der Waals surface area (Å²) in [6.07, 6.45) is 0. The third-order valence-corrected chi connectivity index (χ3v) is 5.39. The van der Waals surface area contributed by atoms with Crippen LogP contribution in [-0.2, 0) is 9.53 Å². The van der Waals surface area contributed by atoms with Crippen LogP contribution in [0.3, 0.4) is 0 Å². The number of thioether (sulfide) groups is 1. The normalized spacial score (nSPS) is 10.8. The van der Waals surface area contributed by atoms with Crippen LogP contribution in [0.25, 0.3) is 11.0 Å². The van der Waals surface area contributed by atoms with Crippen molar-refractivity contribution in [3.05, 3.63) is 34.5 Å². The molecule has 0 bridgehead atoms. The van der Waals surface area contributed by atoms with Crippen molar-refractivity contribution in [2.75, 3.05) is 17.7 Å². The molecule has 0 saturated heterocycles. The number of anilines is 1. The fourth-order valence-electron chi connectivity index (χ4n) is 1.93. The predicted octanol–water partition coefficient (Wildman–Crippen LogP) is 3.95. The molecule has 0 spiro atoms. The number of carbonyl (C=O) groups is 2. The molecule has 3 aromatic rings. The number of nitrogens with one attached hydrogen (secondary N) is 1. The van der Waals surface area contributed by atoms with Crippen LogP contribution in [0.2, 0.25) is 0 Å². The van der Waals surface area contributed by atoms with E-state index >= 15 is 0 Å². The fourth-order valence-corrected chi connectivity index (χ4v) is 3.85. The fraction of sp³-hybridized carbons (Fsp3) is 0.200. The maximum atomic E-state index is 12.3. The van der Waals surface area contributed by atoms with Crippen LogP contribution < -0.4 is 5.32 Å². The summed E-state index contributed by atoms with van der Waals surface area (Å²) in [6.45, 7) is 2.09. The summed E-state index contributed by atoms with van der Waals surface area (Å²) in [6, 6.07) is 7.15. The smallest absolute Gasteiger partial charge is 0.316 e. The maximum absolute atomic E-state index is 12.3. The Morgan fingerprint density at radius 2 is 2.20 bits per heavy atom. The molecule has 0 fully saturated rings. The summed E-state index contributed by atoms with van der Waals surface area (Å²) >= 11 is 5.76. The number of aromatic nitrogens is 2. The first-order valence-corrected chi connectivity index (χ1v) is 9.77. The average Bonchev–Trinajstić information content (AvgIpc) is 3.19. The largest absolute Gasteiger partial charge is 0.465 e. The van der Waals surface area contributed by atoms with Gasteiger partial charge in [0, 0.05) is 9.86 Å². The summed E-state index contributed by atoms with van der Waals surface area (Å²) in [5.74, 6) is -0.398. The van der Waals surface area contributed by atoms with Crippen LogP contribution in [0.1, 0.15) is 17.5 Å². The van der Waals surface area contributed by atoms with Crippen LogP contribution in [0.5, 0.6) is 0 Å². The van der Waals surface area contributed by atoms with Gasteiger partial charge in [-0.3, -0.25) is 14.9 Å². The Kier molecular flexibility index (Phi) is 5.71. The lowest BCUT2D eigenvalue weighted by Crippen LogP contribution is -2.10. The molecule has 0 aliphatic rings. The number of furan rings is 1. The highest BCUT2D eigenvalue weighted by molar-refractivity contribution is 9.10. The van der Waals surface area contributed by atoms with E-state index < -0.39 is 5.91 Å². The average molecular weight is 442 g/mol. The molecule has 2 heterocycles. The Morgan fingerprint density at radius 1 is 1.36 bits per heavy atom. The number of esters is 1. The van der Waals surface area contributed by atoms with E-state index in [-0.39, 0.29) is 17.5 Å². The number of carbonyl (C=O) groups excluding carboxylic acids is 2. The molecule has 1 N–H and O–H groups in total. The zero-order chi connectivity index (χ0) is 17.8. The Bertz CT molecular complexity index is 925. The van der Waals surface area contributed by atoms with Crippen LogP contribution in [0, 0.1) is 0 Å².